The molecular formula is C36H55ClN9O7+. The Morgan fingerprint density at radius 2 is 1.57 bits per heavy atom. The average Bonchev–Trinajstić information content (AvgIpc) is 3.38. The molecule has 1 aliphatic rings. The molecule has 0 aliphatic carbocycles. The molecule has 16 nitrogen and oxygen atoms in total. The molecular weight excluding hydrogens is 706 g/mol. The van der Waals surface area contributed by atoms with E-state index in [2.05, 4.69) is 20.6 Å². The van der Waals surface area contributed by atoms with Crippen molar-refractivity contribution >= 4 is 58.1 Å². The van der Waals surface area contributed by atoms with E-state index in [1.54, 1.807) is 37.8 Å². The topological polar surface area (TPSA) is 210 Å². The molecule has 6 N–H and O–H groups in total. The predicted molar refractivity (Wildman–Crippen MR) is 202 cm³/mol. The highest BCUT2D eigenvalue weighted by atomic mass is 35.5. The number of aromatic nitrogens is 4. The van der Waals surface area contributed by atoms with Gasteiger partial charge in [0.25, 0.3) is 17.6 Å². The second kappa shape index (κ2) is 17.8. The van der Waals surface area contributed by atoms with Crippen molar-refractivity contribution in [2.24, 2.45) is 0 Å². The fraction of sp³-hybridized carbons (Fsp3) is 0.583. The highest BCUT2D eigenvalue weighted by molar-refractivity contribution is 6.31. The summed E-state index contributed by atoms with van der Waals surface area (Å²) in [6.45, 7) is 20.1. The van der Waals surface area contributed by atoms with Crippen LogP contribution in [-0.2, 0) is 33.9 Å². The van der Waals surface area contributed by atoms with E-state index in [1.165, 1.54) is 0 Å². The smallest absolute Gasteiger partial charge is 0.410 e. The van der Waals surface area contributed by atoms with Gasteiger partial charge in [-0.15, -0.1) is 0 Å². The van der Waals surface area contributed by atoms with E-state index in [4.69, 9.17) is 37.3 Å². The van der Waals surface area contributed by atoms with E-state index in [1.807, 2.05) is 57.6 Å². The zero-order valence-corrected chi connectivity index (χ0v) is 33.3. The minimum atomic E-state index is -0.727. The third-order valence-electron chi connectivity index (χ3n) is 7.93. The molecule has 1 aliphatic heterocycles. The number of carbonyl (C=O) groups excluding carboxylic acids is 4. The van der Waals surface area contributed by atoms with Crippen molar-refractivity contribution in [2.45, 2.75) is 119 Å². The van der Waals surface area contributed by atoms with Crippen molar-refractivity contribution in [1.29, 1.82) is 0 Å². The summed E-state index contributed by atoms with van der Waals surface area (Å²) in [5.41, 5.74) is 11.7. The summed E-state index contributed by atoms with van der Waals surface area (Å²) in [4.78, 5) is 61.8. The molecule has 1 saturated heterocycles. The largest absolute Gasteiger partial charge is 0.481 e. The zero-order chi connectivity index (χ0) is 39.8. The number of hydrogen-bond donors (Lipinski definition) is 4. The van der Waals surface area contributed by atoms with Crippen molar-refractivity contribution in [1.82, 2.24) is 30.1 Å². The predicted octanol–water partition coefficient (Wildman–Crippen LogP) is 4.38. The van der Waals surface area contributed by atoms with Crippen molar-refractivity contribution in [3.05, 3.63) is 34.4 Å². The Hall–Kier alpha value is -4.86. The quantitative estimate of drug-likeness (QED) is 0.168. The van der Waals surface area contributed by atoms with Crippen LogP contribution in [0.15, 0.2) is 12.1 Å². The number of carbonyl (C=O) groups is 4. The Balaban J connectivity index is 0.00000372. The van der Waals surface area contributed by atoms with Crippen LogP contribution < -0.4 is 31.4 Å². The number of ether oxygens (including phenoxy) is 3. The van der Waals surface area contributed by atoms with Crippen LogP contribution in [0, 0.1) is 0 Å². The van der Waals surface area contributed by atoms with Gasteiger partial charge in [0.1, 0.15) is 23.5 Å². The standard InChI is InChI=1S/C34H48ClN9O7.C2H6/c1-9-43-21-15-20(30(46)39-19-11-13-42(14-12-19)32(48)51-34(6,7)8)23(49-18-25(45)50-33(3,4)5)16-22(21)44(10-2)24(43)17-38-31(47)26-28(36)41-29(37)27(35)40-26;1-2/h15-16,19H,9-14,17-18H2,1-8H3,(H5-,36,37,38,39,41,46,47);1-2H3/p+1. The molecule has 3 heterocycles. The van der Waals surface area contributed by atoms with Crippen LogP contribution in [0.2, 0.25) is 5.15 Å². The normalized spacial score (nSPS) is 13.5. The lowest BCUT2D eigenvalue weighted by Gasteiger charge is -2.33. The first kappa shape index (κ1) is 42.6. The van der Waals surface area contributed by atoms with Gasteiger partial charge in [0.2, 0.25) is 0 Å². The van der Waals surface area contributed by atoms with Gasteiger partial charge < -0.3 is 41.2 Å². The van der Waals surface area contributed by atoms with Crippen molar-refractivity contribution in [2.75, 3.05) is 31.2 Å². The number of esters is 1. The summed E-state index contributed by atoms with van der Waals surface area (Å²) in [5, 5.41) is 5.78. The maximum Gasteiger partial charge on any atom is 0.410 e. The molecule has 0 unspecified atom stereocenters. The lowest BCUT2D eigenvalue weighted by Crippen LogP contribution is -2.47. The Kier molecular flexibility index (Phi) is 14.3. The van der Waals surface area contributed by atoms with Crippen LogP contribution in [-0.4, -0.2) is 80.3 Å². The molecule has 2 aromatic heterocycles. The lowest BCUT2D eigenvalue weighted by molar-refractivity contribution is -0.676. The first-order valence-corrected chi connectivity index (χ1v) is 18.3. The van der Waals surface area contributed by atoms with Gasteiger partial charge in [-0.25, -0.2) is 28.7 Å². The summed E-state index contributed by atoms with van der Waals surface area (Å²) in [7, 11) is 0. The van der Waals surface area contributed by atoms with Gasteiger partial charge in [-0.05, 0) is 68.2 Å². The Labute approximate surface area is 315 Å². The van der Waals surface area contributed by atoms with Crippen molar-refractivity contribution in [3.8, 4) is 5.75 Å². The van der Waals surface area contributed by atoms with E-state index in [-0.39, 0.29) is 52.5 Å². The molecule has 0 radical (unpaired) electrons. The van der Waals surface area contributed by atoms with Crippen LogP contribution in [0.5, 0.6) is 5.75 Å². The van der Waals surface area contributed by atoms with Gasteiger partial charge in [0, 0.05) is 31.3 Å². The number of rotatable bonds is 10. The van der Waals surface area contributed by atoms with E-state index in [0.29, 0.717) is 55.9 Å². The highest BCUT2D eigenvalue weighted by Gasteiger charge is 2.31. The molecule has 4 rings (SSSR count). The van der Waals surface area contributed by atoms with Crippen LogP contribution in [0.3, 0.4) is 0 Å². The second-order valence-electron chi connectivity index (χ2n) is 14.1. The molecule has 0 bridgehead atoms. The summed E-state index contributed by atoms with van der Waals surface area (Å²) in [6, 6.07) is 3.21. The number of amides is 3. The molecule has 0 atom stereocenters. The number of benzene rings is 1. The highest BCUT2D eigenvalue weighted by Crippen LogP contribution is 2.28. The number of halogens is 1. The minimum Gasteiger partial charge on any atom is -0.481 e. The Morgan fingerprint density at radius 1 is 0.943 bits per heavy atom. The first-order valence-electron chi connectivity index (χ1n) is 17.9. The van der Waals surface area contributed by atoms with Crippen molar-refractivity contribution in [3.63, 3.8) is 0 Å². The number of piperidine rings is 1. The maximum atomic E-state index is 13.9. The number of nitrogens with one attached hydrogen (secondary N) is 2. The van der Waals surface area contributed by atoms with E-state index >= 15 is 0 Å². The second-order valence-corrected chi connectivity index (χ2v) is 14.5. The average molecular weight is 761 g/mol. The summed E-state index contributed by atoms with van der Waals surface area (Å²) < 4.78 is 20.9. The van der Waals surface area contributed by atoms with Gasteiger partial charge >= 0.3 is 12.1 Å². The van der Waals surface area contributed by atoms with Crippen LogP contribution in [0.1, 0.15) is 109 Å². The number of nitrogens with zero attached hydrogens (tertiary/aromatic N) is 5. The van der Waals surface area contributed by atoms with E-state index < -0.39 is 35.6 Å². The Bertz CT molecular complexity index is 1810. The number of nitrogen functional groups attached to an aromatic ring is 2. The molecule has 53 heavy (non-hydrogen) atoms. The lowest BCUT2D eigenvalue weighted by atomic mass is 10.0. The fourth-order valence-corrected chi connectivity index (χ4v) is 5.89. The zero-order valence-electron chi connectivity index (χ0n) is 32.5. The van der Waals surface area contributed by atoms with E-state index in [0.717, 1.165) is 0 Å². The number of imidazole rings is 1. The fourth-order valence-electron chi connectivity index (χ4n) is 5.76. The number of hydrogen-bond acceptors (Lipinski definition) is 11. The number of nitrogens with two attached hydrogens (primary N) is 2. The van der Waals surface area contributed by atoms with Gasteiger partial charge in [-0.1, -0.05) is 25.4 Å². The molecule has 0 saturated carbocycles. The van der Waals surface area contributed by atoms with Crippen LogP contribution in [0.25, 0.3) is 11.0 Å². The molecule has 1 aromatic carbocycles. The van der Waals surface area contributed by atoms with E-state index in [9.17, 15) is 19.2 Å². The number of likely N-dealkylation sites (tertiary alicyclic amines) is 1. The van der Waals surface area contributed by atoms with Gasteiger partial charge in [0.05, 0.1) is 18.7 Å². The van der Waals surface area contributed by atoms with Crippen LogP contribution in [0.4, 0.5) is 16.4 Å². The molecule has 292 valence electrons. The maximum absolute atomic E-state index is 13.9. The summed E-state index contributed by atoms with van der Waals surface area (Å²) in [5.74, 6) is -0.946. The van der Waals surface area contributed by atoms with Gasteiger partial charge in [-0.3, -0.25) is 9.59 Å². The SMILES string of the molecule is CC.CCn1c(CNC(=O)c2nc(Cl)c(N)nc2N)[n+](CC)c2cc(OCC(=O)OC(C)(C)C)c(C(=O)NC3CCN(C(=O)OC(C)(C)C)CC3)cc21. The molecule has 17 heteroatoms. The Morgan fingerprint density at radius 3 is 2.13 bits per heavy atom. The molecule has 0 spiro atoms. The third kappa shape index (κ3) is 11.1. The van der Waals surface area contributed by atoms with Crippen molar-refractivity contribution < 1.29 is 38.0 Å². The van der Waals surface area contributed by atoms with Gasteiger partial charge in [-0.2, -0.15) is 0 Å². The number of fused-ring (bicyclic) bond motifs is 1. The molecule has 3 amide bonds. The minimum absolute atomic E-state index is 0.0597. The number of anilines is 2. The summed E-state index contributed by atoms with van der Waals surface area (Å²) >= 11 is 5.99. The van der Waals surface area contributed by atoms with Crippen LogP contribution >= 0.6 is 11.6 Å². The number of aryl methyl sites for hydroxylation is 2. The monoisotopic (exact) mass is 760 g/mol. The third-order valence-corrected chi connectivity index (χ3v) is 8.21. The van der Waals surface area contributed by atoms with Gasteiger partial charge in [0.15, 0.2) is 40.1 Å². The summed E-state index contributed by atoms with van der Waals surface area (Å²) in [6.07, 6.45) is 0.668. The first-order chi connectivity index (χ1) is 24.8. The molecule has 1 fully saturated rings. The molecule has 3 aromatic rings.